The highest BCUT2D eigenvalue weighted by Gasteiger charge is 2.17. The second kappa shape index (κ2) is 8.80. The molecule has 0 saturated heterocycles. The predicted octanol–water partition coefficient (Wildman–Crippen LogP) is 3.26. The quantitative estimate of drug-likeness (QED) is 0.423. The standard InChI is InChI=1S/C25H18N8O/c26-14-17-4-1-11-28-21(17)25(34)31-15-16-7-9-18(10-8-16)33-23(19-5-2-12-29-22(19)27)32-20-6-3-13-30-24(20)33/h1-13H,15H2,(H2,27,29)(H,31,34). The maximum absolute atomic E-state index is 12.5. The van der Waals surface area contributed by atoms with Gasteiger partial charge in [0.1, 0.15) is 23.1 Å². The van der Waals surface area contributed by atoms with Crippen LogP contribution in [0.5, 0.6) is 0 Å². The third-order valence-corrected chi connectivity index (χ3v) is 5.29. The van der Waals surface area contributed by atoms with E-state index in [-0.39, 0.29) is 17.8 Å². The zero-order valence-corrected chi connectivity index (χ0v) is 17.9. The van der Waals surface area contributed by atoms with E-state index in [1.54, 1.807) is 24.5 Å². The highest BCUT2D eigenvalue weighted by Crippen LogP contribution is 2.30. The number of anilines is 1. The normalized spacial score (nSPS) is 10.7. The molecule has 5 aromatic rings. The van der Waals surface area contributed by atoms with Gasteiger partial charge < -0.3 is 11.1 Å². The first-order chi connectivity index (χ1) is 16.7. The minimum absolute atomic E-state index is 0.108. The number of nitrogen functional groups attached to an aromatic ring is 1. The van der Waals surface area contributed by atoms with E-state index < -0.39 is 5.91 Å². The van der Waals surface area contributed by atoms with Gasteiger partial charge in [0.25, 0.3) is 5.91 Å². The number of carbonyl (C=O) groups is 1. The van der Waals surface area contributed by atoms with Crippen molar-refractivity contribution >= 4 is 22.9 Å². The van der Waals surface area contributed by atoms with Gasteiger partial charge in [-0.25, -0.2) is 19.9 Å². The molecule has 4 aromatic heterocycles. The molecule has 0 aliphatic rings. The van der Waals surface area contributed by atoms with Crippen LogP contribution in [0.2, 0.25) is 0 Å². The zero-order valence-electron chi connectivity index (χ0n) is 17.9. The number of benzene rings is 1. The van der Waals surface area contributed by atoms with Crippen LogP contribution in [0.1, 0.15) is 21.6 Å². The predicted molar refractivity (Wildman–Crippen MR) is 127 cm³/mol. The summed E-state index contributed by atoms with van der Waals surface area (Å²) in [5.41, 5.74) is 10.3. The molecule has 5 rings (SSSR count). The van der Waals surface area contributed by atoms with Gasteiger partial charge in [0.05, 0.1) is 11.1 Å². The highest BCUT2D eigenvalue weighted by molar-refractivity contribution is 5.94. The lowest BCUT2D eigenvalue weighted by molar-refractivity contribution is 0.0945. The molecule has 4 heterocycles. The molecular weight excluding hydrogens is 428 g/mol. The van der Waals surface area contributed by atoms with E-state index >= 15 is 0 Å². The number of nitrogens with two attached hydrogens (primary N) is 1. The van der Waals surface area contributed by atoms with Gasteiger partial charge in [-0.3, -0.25) is 9.36 Å². The van der Waals surface area contributed by atoms with Crippen LogP contribution in [0.4, 0.5) is 5.82 Å². The van der Waals surface area contributed by atoms with E-state index in [0.29, 0.717) is 22.9 Å². The van der Waals surface area contributed by atoms with Crippen LogP contribution in [-0.2, 0) is 6.54 Å². The zero-order chi connectivity index (χ0) is 23.5. The van der Waals surface area contributed by atoms with Crippen LogP contribution < -0.4 is 11.1 Å². The van der Waals surface area contributed by atoms with E-state index in [0.717, 1.165) is 16.8 Å². The fourth-order valence-electron chi connectivity index (χ4n) is 3.65. The minimum atomic E-state index is -0.402. The number of fused-ring (bicyclic) bond motifs is 1. The summed E-state index contributed by atoms with van der Waals surface area (Å²) < 4.78 is 1.93. The Morgan fingerprint density at radius 1 is 0.971 bits per heavy atom. The lowest BCUT2D eigenvalue weighted by atomic mass is 10.1. The first-order valence-electron chi connectivity index (χ1n) is 10.4. The molecule has 0 bridgehead atoms. The monoisotopic (exact) mass is 446 g/mol. The van der Waals surface area contributed by atoms with E-state index in [4.69, 9.17) is 10.7 Å². The van der Waals surface area contributed by atoms with Crippen molar-refractivity contribution in [2.45, 2.75) is 6.54 Å². The first-order valence-corrected chi connectivity index (χ1v) is 10.4. The summed E-state index contributed by atoms with van der Waals surface area (Å²) in [6.07, 6.45) is 4.84. The SMILES string of the molecule is N#Cc1cccnc1C(=O)NCc1ccc(-n2c(-c3cccnc3N)nc3cccnc32)cc1. The molecule has 9 nitrogen and oxygen atoms in total. The maximum atomic E-state index is 12.5. The van der Waals surface area contributed by atoms with Crippen molar-refractivity contribution in [3.8, 4) is 23.1 Å². The van der Waals surface area contributed by atoms with Crippen molar-refractivity contribution in [1.29, 1.82) is 5.26 Å². The van der Waals surface area contributed by atoms with E-state index in [9.17, 15) is 10.1 Å². The summed E-state index contributed by atoms with van der Waals surface area (Å²) in [6.45, 7) is 0.284. The number of nitrogens with zero attached hydrogens (tertiary/aromatic N) is 6. The van der Waals surface area contributed by atoms with Gasteiger partial charge in [-0.2, -0.15) is 5.26 Å². The van der Waals surface area contributed by atoms with E-state index in [1.807, 2.05) is 59.2 Å². The average molecular weight is 446 g/mol. The second-order valence-corrected chi connectivity index (χ2v) is 7.41. The van der Waals surface area contributed by atoms with Crippen LogP contribution in [0.3, 0.4) is 0 Å². The molecule has 1 aromatic carbocycles. The molecule has 0 saturated carbocycles. The summed E-state index contributed by atoms with van der Waals surface area (Å²) in [6, 6.07) is 20.2. The molecule has 3 N–H and O–H groups in total. The lowest BCUT2D eigenvalue weighted by Crippen LogP contribution is -2.24. The first kappa shape index (κ1) is 20.8. The average Bonchev–Trinajstić information content (AvgIpc) is 3.27. The summed E-state index contributed by atoms with van der Waals surface area (Å²) in [7, 11) is 0. The number of hydrogen-bond donors (Lipinski definition) is 2. The Morgan fingerprint density at radius 2 is 1.71 bits per heavy atom. The molecule has 0 spiro atoms. The number of aromatic nitrogens is 5. The van der Waals surface area contributed by atoms with Crippen LogP contribution in [0, 0.1) is 11.3 Å². The number of rotatable bonds is 5. The van der Waals surface area contributed by atoms with Gasteiger partial charge >= 0.3 is 0 Å². The number of nitriles is 1. The van der Waals surface area contributed by atoms with Crippen molar-refractivity contribution in [2.24, 2.45) is 0 Å². The van der Waals surface area contributed by atoms with Crippen molar-refractivity contribution in [2.75, 3.05) is 5.73 Å². The molecule has 0 fully saturated rings. The summed E-state index contributed by atoms with van der Waals surface area (Å²) in [4.78, 5) is 29.9. The largest absolute Gasteiger partial charge is 0.383 e. The molecule has 0 unspecified atom stereocenters. The van der Waals surface area contributed by atoms with Crippen molar-refractivity contribution in [1.82, 2.24) is 29.8 Å². The number of nitrogens with one attached hydrogen (secondary N) is 1. The van der Waals surface area contributed by atoms with Crippen LogP contribution in [0.25, 0.3) is 28.2 Å². The van der Waals surface area contributed by atoms with Crippen molar-refractivity contribution < 1.29 is 4.79 Å². The smallest absolute Gasteiger partial charge is 0.271 e. The van der Waals surface area contributed by atoms with Crippen LogP contribution in [-0.4, -0.2) is 30.4 Å². The number of amides is 1. The fourth-order valence-corrected chi connectivity index (χ4v) is 3.65. The Balaban J connectivity index is 1.45. The Kier molecular flexibility index (Phi) is 5.38. The summed E-state index contributed by atoms with van der Waals surface area (Å²) in [5.74, 6) is 0.615. The molecule has 0 atom stereocenters. The number of hydrogen-bond acceptors (Lipinski definition) is 7. The van der Waals surface area contributed by atoms with Crippen LogP contribution >= 0.6 is 0 Å². The highest BCUT2D eigenvalue weighted by atomic mass is 16.1. The second-order valence-electron chi connectivity index (χ2n) is 7.41. The van der Waals surface area contributed by atoms with Gasteiger partial charge in [-0.1, -0.05) is 12.1 Å². The maximum Gasteiger partial charge on any atom is 0.271 e. The van der Waals surface area contributed by atoms with E-state index in [1.165, 1.54) is 6.20 Å². The number of pyridine rings is 3. The summed E-state index contributed by atoms with van der Waals surface area (Å²) in [5, 5.41) is 12.0. The molecule has 9 heteroatoms. The Morgan fingerprint density at radius 3 is 2.50 bits per heavy atom. The van der Waals surface area contributed by atoms with E-state index in [2.05, 4.69) is 20.3 Å². The Labute approximate surface area is 194 Å². The Hall–Kier alpha value is -5.10. The third-order valence-electron chi connectivity index (χ3n) is 5.29. The molecular formula is C25H18N8O. The third kappa shape index (κ3) is 3.80. The number of imidazole rings is 1. The molecule has 1 amide bonds. The topological polar surface area (TPSA) is 135 Å². The van der Waals surface area contributed by atoms with Crippen molar-refractivity contribution in [3.63, 3.8) is 0 Å². The minimum Gasteiger partial charge on any atom is -0.383 e. The molecule has 0 radical (unpaired) electrons. The van der Waals surface area contributed by atoms with Gasteiger partial charge in [-0.15, -0.1) is 0 Å². The lowest BCUT2D eigenvalue weighted by Gasteiger charge is -2.11. The molecule has 34 heavy (non-hydrogen) atoms. The van der Waals surface area contributed by atoms with Crippen LogP contribution in [0.15, 0.2) is 79.3 Å². The van der Waals surface area contributed by atoms with Gasteiger partial charge in [-0.05, 0) is 54.1 Å². The van der Waals surface area contributed by atoms with Gasteiger partial charge in [0.15, 0.2) is 11.5 Å². The molecule has 164 valence electrons. The Bertz CT molecular complexity index is 1550. The van der Waals surface area contributed by atoms with Gasteiger partial charge in [0.2, 0.25) is 0 Å². The number of carbonyl (C=O) groups excluding carboxylic acids is 1. The van der Waals surface area contributed by atoms with Crippen molar-refractivity contribution in [3.05, 3.63) is 96.1 Å². The molecule has 0 aliphatic carbocycles. The fraction of sp³-hybridized carbons (Fsp3) is 0.0400. The van der Waals surface area contributed by atoms with Gasteiger partial charge in [0, 0.05) is 30.8 Å². The molecule has 0 aliphatic heterocycles. The summed E-state index contributed by atoms with van der Waals surface area (Å²) >= 11 is 0.